The zero-order valence-corrected chi connectivity index (χ0v) is 16.1. The summed E-state index contributed by atoms with van der Waals surface area (Å²) < 4.78 is 15.5. The second-order valence-corrected chi connectivity index (χ2v) is 5.51. The summed E-state index contributed by atoms with van der Waals surface area (Å²) in [7, 11) is 0. The van der Waals surface area contributed by atoms with Gasteiger partial charge in [-0.3, -0.25) is 4.79 Å². The largest absolute Gasteiger partial charge is 0.447 e. The van der Waals surface area contributed by atoms with Crippen LogP contribution in [0.15, 0.2) is 0 Å². The highest BCUT2D eigenvalue weighted by molar-refractivity contribution is 5.75. The fraction of sp³-hybridized carbons (Fsp3) is 0.765. The van der Waals surface area contributed by atoms with Crippen molar-refractivity contribution in [1.82, 2.24) is 16.0 Å². The molecule has 0 saturated heterocycles. The maximum Gasteiger partial charge on any atom is 0.407 e. The first-order valence-corrected chi connectivity index (χ1v) is 9.16. The van der Waals surface area contributed by atoms with Gasteiger partial charge in [-0.15, -0.1) is 0 Å². The van der Waals surface area contributed by atoms with E-state index >= 15 is 0 Å². The molecule has 0 heterocycles. The van der Waals surface area contributed by atoms with Gasteiger partial charge in [0.05, 0.1) is 0 Å². The Morgan fingerprint density at radius 1 is 0.926 bits per heavy atom. The van der Waals surface area contributed by atoms with E-state index in [9.17, 15) is 19.2 Å². The van der Waals surface area contributed by atoms with Crippen LogP contribution in [0.25, 0.3) is 0 Å². The summed E-state index contributed by atoms with van der Waals surface area (Å²) in [4.78, 5) is 44.5. The van der Waals surface area contributed by atoms with Crippen LogP contribution in [-0.4, -0.2) is 69.9 Å². The summed E-state index contributed by atoms with van der Waals surface area (Å²) in [5.74, 6) is -0.127. The van der Waals surface area contributed by atoms with Crippen LogP contribution in [-0.2, 0) is 23.8 Å². The third kappa shape index (κ3) is 15.6. The van der Waals surface area contributed by atoms with Crippen molar-refractivity contribution in [3.63, 3.8) is 0 Å². The molecule has 3 amide bonds. The summed E-state index contributed by atoms with van der Waals surface area (Å²) in [6.45, 7) is 4.93. The highest BCUT2D eigenvalue weighted by Crippen LogP contribution is 2.00. The Morgan fingerprint density at radius 3 is 2.04 bits per heavy atom. The van der Waals surface area contributed by atoms with Crippen LogP contribution in [0.3, 0.4) is 0 Å². The lowest BCUT2D eigenvalue weighted by Gasteiger charge is -2.18. The molecular weight excluding hydrogens is 358 g/mol. The van der Waals surface area contributed by atoms with E-state index in [0.29, 0.717) is 38.9 Å². The number of hydrogen-bond donors (Lipinski definition) is 3. The van der Waals surface area contributed by atoms with E-state index in [0.717, 1.165) is 6.29 Å². The molecule has 0 spiro atoms. The highest BCUT2D eigenvalue weighted by atomic mass is 16.6. The van der Waals surface area contributed by atoms with Crippen molar-refractivity contribution in [2.24, 2.45) is 0 Å². The molecule has 0 fully saturated rings. The lowest BCUT2D eigenvalue weighted by atomic mass is 10.3. The standard InChI is InChI=1S/C17H31N3O7/c1-3-18-16(23)26-12-14(13-27-17(24)19-4-2)25-11-7-8-15(22)20-9-5-6-10-21/h10,14H,3-9,11-13H2,1-2H3,(H,18,23)(H,19,24)(H,20,22). The minimum Gasteiger partial charge on any atom is -0.447 e. The van der Waals surface area contributed by atoms with Crippen LogP contribution < -0.4 is 16.0 Å². The molecule has 0 aliphatic heterocycles. The Morgan fingerprint density at radius 2 is 1.52 bits per heavy atom. The van der Waals surface area contributed by atoms with Gasteiger partial charge in [-0.1, -0.05) is 0 Å². The summed E-state index contributed by atoms with van der Waals surface area (Å²) >= 11 is 0. The van der Waals surface area contributed by atoms with Gasteiger partial charge < -0.3 is 35.0 Å². The molecule has 10 nitrogen and oxygen atoms in total. The quantitative estimate of drug-likeness (QED) is 0.278. The Kier molecular flexibility index (Phi) is 15.6. The second kappa shape index (κ2) is 17.1. The fourth-order valence-electron chi connectivity index (χ4n) is 1.86. The van der Waals surface area contributed by atoms with E-state index in [1.54, 1.807) is 13.8 Å². The lowest BCUT2D eigenvalue weighted by molar-refractivity contribution is -0.121. The number of rotatable bonds is 15. The van der Waals surface area contributed by atoms with E-state index in [1.165, 1.54) is 0 Å². The maximum absolute atomic E-state index is 11.6. The number of ether oxygens (including phenoxy) is 3. The van der Waals surface area contributed by atoms with Crippen LogP contribution >= 0.6 is 0 Å². The number of hydrogen-bond acceptors (Lipinski definition) is 7. The van der Waals surface area contributed by atoms with Gasteiger partial charge in [0, 0.05) is 39.1 Å². The number of unbranched alkanes of at least 4 members (excludes halogenated alkanes) is 1. The molecule has 0 unspecified atom stereocenters. The van der Waals surface area contributed by atoms with Gasteiger partial charge >= 0.3 is 12.2 Å². The molecule has 0 radical (unpaired) electrons. The Labute approximate surface area is 159 Å². The molecule has 0 aromatic heterocycles. The molecule has 0 bridgehead atoms. The first-order valence-electron chi connectivity index (χ1n) is 9.16. The van der Waals surface area contributed by atoms with Crippen LogP contribution in [0.5, 0.6) is 0 Å². The van der Waals surface area contributed by atoms with Crippen molar-refractivity contribution in [1.29, 1.82) is 0 Å². The molecule has 3 N–H and O–H groups in total. The Bertz CT molecular complexity index is 424. The summed E-state index contributed by atoms with van der Waals surface area (Å²) in [6, 6.07) is 0. The monoisotopic (exact) mass is 389 g/mol. The smallest absolute Gasteiger partial charge is 0.407 e. The molecule has 0 atom stereocenters. The van der Waals surface area contributed by atoms with Gasteiger partial charge in [-0.25, -0.2) is 9.59 Å². The second-order valence-electron chi connectivity index (χ2n) is 5.51. The van der Waals surface area contributed by atoms with E-state index in [2.05, 4.69) is 16.0 Å². The molecule has 0 aromatic carbocycles. The van der Waals surface area contributed by atoms with E-state index in [4.69, 9.17) is 14.2 Å². The molecule has 0 aromatic rings. The maximum atomic E-state index is 11.6. The molecule has 0 rings (SSSR count). The normalized spacial score (nSPS) is 10.2. The first kappa shape index (κ1) is 24.6. The molecule has 10 heteroatoms. The molecule has 0 saturated carbocycles. The van der Waals surface area contributed by atoms with Gasteiger partial charge in [0.25, 0.3) is 0 Å². The lowest BCUT2D eigenvalue weighted by Crippen LogP contribution is -2.34. The molecule has 27 heavy (non-hydrogen) atoms. The van der Waals surface area contributed by atoms with Crippen molar-refractivity contribution < 1.29 is 33.4 Å². The van der Waals surface area contributed by atoms with Gasteiger partial charge in [0.1, 0.15) is 25.6 Å². The predicted molar refractivity (Wildman–Crippen MR) is 97.3 cm³/mol. The molecular formula is C17H31N3O7. The average Bonchev–Trinajstić information content (AvgIpc) is 2.64. The number of carbonyl (C=O) groups is 4. The number of aldehydes is 1. The average molecular weight is 389 g/mol. The number of alkyl carbamates (subject to hydrolysis) is 2. The SMILES string of the molecule is CCNC(=O)OCC(COC(=O)NCC)OCCCC(=O)NCCCC=O. The number of nitrogens with one attached hydrogen (secondary N) is 3. The fourth-order valence-corrected chi connectivity index (χ4v) is 1.86. The molecule has 156 valence electrons. The van der Waals surface area contributed by atoms with Crippen LogP contribution in [0, 0.1) is 0 Å². The Balaban J connectivity index is 4.12. The van der Waals surface area contributed by atoms with Crippen LogP contribution in [0.4, 0.5) is 9.59 Å². The zero-order valence-electron chi connectivity index (χ0n) is 16.1. The summed E-state index contributed by atoms with van der Waals surface area (Å²) in [5.41, 5.74) is 0. The first-order chi connectivity index (χ1) is 13.0. The topological polar surface area (TPSA) is 132 Å². The number of carbonyl (C=O) groups excluding carboxylic acids is 4. The highest BCUT2D eigenvalue weighted by Gasteiger charge is 2.15. The van der Waals surface area contributed by atoms with Crippen molar-refractivity contribution in [2.45, 2.75) is 45.6 Å². The van der Waals surface area contributed by atoms with Gasteiger partial charge in [0.2, 0.25) is 5.91 Å². The summed E-state index contributed by atoms with van der Waals surface area (Å²) in [6.07, 6.45) is 0.764. The van der Waals surface area contributed by atoms with Crippen molar-refractivity contribution in [2.75, 3.05) is 39.5 Å². The van der Waals surface area contributed by atoms with Crippen molar-refractivity contribution in [3.05, 3.63) is 0 Å². The van der Waals surface area contributed by atoms with Crippen LogP contribution in [0.1, 0.15) is 39.5 Å². The van der Waals surface area contributed by atoms with E-state index in [-0.39, 0.29) is 32.1 Å². The molecule has 0 aliphatic rings. The van der Waals surface area contributed by atoms with Gasteiger partial charge in [-0.05, 0) is 26.7 Å². The Hall–Kier alpha value is -2.36. The molecule has 0 aliphatic carbocycles. The summed E-state index contributed by atoms with van der Waals surface area (Å²) in [5, 5.41) is 7.68. The van der Waals surface area contributed by atoms with Gasteiger partial charge in [0.15, 0.2) is 0 Å². The minimum absolute atomic E-state index is 0.0802. The third-order valence-electron chi connectivity index (χ3n) is 3.17. The predicted octanol–water partition coefficient (Wildman–Crippen LogP) is 0.739. The van der Waals surface area contributed by atoms with E-state index in [1.807, 2.05) is 0 Å². The third-order valence-corrected chi connectivity index (χ3v) is 3.17. The van der Waals surface area contributed by atoms with Crippen LogP contribution in [0.2, 0.25) is 0 Å². The van der Waals surface area contributed by atoms with Crippen molar-refractivity contribution >= 4 is 24.4 Å². The van der Waals surface area contributed by atoms with Gasteiger partial charge in [-0.2, -0.15) is 0 Å². The minimum atomic E-state index is -0.633. The zero-order chi connectivity index (χ0) is 20.3. The van der Waals surface area contributed by atoms with Crippen molar-refractivity contribution in [3.8, 4) is 0 Å². The van der Waals surface area contributed by atoms with E-state index < -0.39 is 18.3 Å². The number of amides is 3.